The van der Waals surface area contributed by atoms with Gasteiger partial charge >= 0.3 is 0 Å². The molecule has 1 amide bonds. The number of hydrogen-bond acceptors (Lipinski definition) is 4. The van der Waals surface area contributed by atoms with Crippen LogP contribution in [0, 0.1) is 23.4 Å². The molecule has 1 unspecified atom stereocenters. The molecule has 1 atom stereocenters. The van der Waals surface area contributed by atoms with Crippen LogP contribution >= 0.6 is 11.8 Å². The van der Waals surface area contributed by atoms with Crippen molar-refractivity contribution >= 4 is 27.7 Å². The van der Waals surface area contributed by atoms with Gasteiger partial charge in [-0.05, 0) is 24.8 Å². The number of rotatable bonds is 5. The van der Waals surface area contributed by atoms with Gasteiger partial charge in [0.05, 0.1) is 5.88 Å². The first-order chi connectivity index (χ1) is 11.3. The number of nitrogens with one attached hydrogen (secondary N) is 1. The number of amides is 1. The maximum Gasteiger partial charge on any atom is 0.247 e. The van der Waals surface area contributed by atoms with Crippen LogP contribution in [0.15, 0.2) is 17.0 Å². The summed E-state index contributed by atoms with van der Waals surface area (Å²) in [5.41, 5.74) is 0. The summed E-state index contributed by atoms with van der Waals surface area (Å²) >= 11 is 1.20. The van der Waals surface area contributed by atoms with Crippen molar-refractivity contribution in [3.05, 3.63) is 29.6 Å². The molecule has 10 heteroatoms. The minimum atomic E-state index is -4.46. The highest BCUT2D eigenvalue weighted by atomic mass is 32.2. The van der Waals surface area contributed by atoms with Gasteiger partial charge in [0, 0.05) is 18.4 Å². The van der Waals surface area contributed by atoms with Gasteiger partial charge in [0.15, 0.2) is 11.6 Å². The Bertz CT molecular complexity index is 769. The Labute approximate surface area is 141 Å². The van der Waals surface area contributed by atoms with E-state index in [0.29, 0.717) is 18.5 Å². The van der Waals surface area contributed by atoms with Crippen LogP contribution in [0.4, 0.5) is 13.2 Å². The fraction of sp³-hybridized carbons (Fsp3) is 0.500. The van der Waals surface area contributed by atoms with E-state index in [-0.39, 0.29) is 17.7 Å². The van der Waals surface area contributed by atoms with Gasteiger partial charge in [-0.2, -0.15) is 4.31 Å². The third-order valence-electron chi connectivity index (χ3n) is 3.97. The number of carbonyl (C=O) groups is 1. The van der Waals surface area contributed by atoms with Gasteiger partial charge in [-0.1, -0.05) is 0 Å². The first-order valence-electron chi connectivity index (χ1n) is 7.32. The van der Waals surface area contributed by atoms with E-state index in [1.165, 1.54) is 11.8 Å². The minimum absolute atomic E-state index is 0.0533. The second-order valence-corrected chi connectivity index (χ2v) is 8.65. The van der Waals surface area contributed by atoms with E-state index in [2.05, 4.69) is 5.32 Å². The quantitative estimate of drug-likeness (QED) is 0.790. The summed E-state index contributed by atoms with van der Waals surface area (Å²) in [6.07, 6.45) is 2.06. The van der Waals surface area contributed by atoms with Crippen molar-refractivity contribution in [2.75, 3.05) is 18.2 Å². The van der Waals surface area contributed by atoms with Gasteiger partial charge in [-0.15, -0.1) is 11.8 Å². The highest BCUT2D eigenvalue weighted by molar-refractivity contribution is 8.00. The van der Waals surface area contributed by atoms with Crippen LogP contribution in [-0.4, -0.2) is 42.8 Å². The summed E-state index contributed by atoms with van der Waals surface area (Å²) in [5, 5.41) is 2.69. The van der Waals surface area contributed by atoms with Gasteiger partial charge in [-0.25, -0.2) is 21.6 Å². The molecule has 1 aromatic rings. The molecule has 2 fully saturated rings. The number of sulfonamides is 1. The molecule has 1 aromatic carbocycles. The Kier molecular flexibility index (Phi) is 4.80. The number of nitrogens with zero attached hydrogens (tertiary/aromatic N) is 1. The third kappa shape index (κ3) is 3.40. The lowest BCUT2D eigenvalue weighted by Crippen LogP contribution is -2.47. The predicted molar refractivity (Wildman–Crippen MR) is 82.2 cm³/mol. The summed E-state index contributed by atoms with van der Waals surface area (Å²) in [6, 6.07) is -0.498. The van der Waals surface area contributed by atoms with Crippen LogP contribution in [0.1, 0.15) is 12.8 Å². The average Bonchev–Trinajstić information content (AvgIpc) is 3.21. The molecule has 1 heterocycles. The Balaban J connectivity index is 1.84. The van der Waals surface area contributed by atoms with E-state index in [1.54, 1.807) is 0 Å². The van der Waals surface area contributed by atoms with Crippen LogP contribution in [0.5, 0.6) is 0 Å². The SMILES string of the molecule is O=C(NCC1CC1)C1CSCN1S(=O)(=O)c1cc(F)c(F)cc1F. The number of hydrogen-bond donors (Lipinski definition) is 1. The molecule has 0 spiro atoms. The molecule has 1 N–H and O–H groups in total. The van der Waals surface area contributed by atoms with E-state index >= 15 is 0 Å². The highest BCUT2D eigenvalue weighted by Gasteiger charge is 2.41. The van der Waals surface area contributed by atoms with E-state index in [1.807, 2.05) is 0 Å². The van der Waals surface area contributed by atoms with Crippen molar-refractivity contribution in [1.29, 1.82) is 0 Å². The molecule has 1 saturated heterocycles. The Morgan fingerprint density at radius 1 is 1.21 bits per heavy atom. The van der Waals surface area contributed by atoms with Crippen molar-refractivity contribution in [2.24, 2.45) is 5.92 Å². The van der Waals surface area contributed by atoms with Gasteiger partial charge in [0.25, 0.3) is 0 Å². The second-order valence-electron chi connectivity index (χ2n) is 5.79. The molecular weight excluding hydrogens is 365 g/mol. The number of thioether (sulfide) groups is 1. The largest absolute Gasteiger partial charge is 0.354 e. The molecule has 0 bridgehead atoms. The maximum absolute atomic E-state index is 13.8. The molecule has 0 radical (unpaired) electrons. The molecule has 1 aliphatic heterocycles. The van der Waals surface area contributed by atoms with Gasteiger partial charge in [0.2, 0.25) is 15.9 Å². The van der Waals surface area contributed by atoms with E-state index < -0.39 is 44.3 Å². The van der Waals surface area contributed by atoms with Gasteiger partial charge in [-0.3, -0.25) is 4.79 Å². The number of benzene rings is 1. The average molecular weight is 380 g/mol. The monoisotopic (exact) mass is 380 g/mol. The zero-order chi connectivity index (χ0) is 17.5. The lowest BCUT2D eigenvalue weighted by molar-refractivity contribution is -0.123. The lowest BCUT2D eigenvalue weighted by atomic mass is 10.3. The normalized spacial score (nSPS) is 21.9. The topological polar surface area (TPSA) is 66.5 Å². The summed E-state index contributed by atoms with van der Waals surface area (Å²) in [6.45, 7) is 0.480. The minimum Gasteiger partial charge on any atom is -0.354 e. The van der Waals surface area contributed by atoms with Crippen LogP contribution < -0.4 is 5.32 Å². The Hall–Kier alpha value is -1.26. The highest BCUT2D eigenvalue weighted by Crippen LogP contribution is 2.31. The zero-order valence-corrected chi connectivity index (χ0v) is 14.1. The second kappa shape index (κ2) is 6.57. The molecule has 2 aliphatic rings. The molecule has 1 saturated carbocycles. The standard InChI is InChI=1S/C14H15F3N2O3S2/c15-9-3-11(17)13(4-10(9)16)24(21,22)19-7-23-6-12(19)14(20)18-5-8-1-2-8/h3-4,8,12H,1-2,5-7H2,(H,18,20). The van der Waals surface area contributed by atoms with Crippen LogP contribution in [-0.2, 0) is 14.8 Å². The molecule has 3 rings (SSSR count). The number of halogens is 3. The van der Waals surface area contributed by atoms with Crippen LogP contribution in [0.25, 0.3) is 0 Å². The van der Waals surface area contributed by atoms with Crippen molar-refractivity contribution in [1.82, 2.24) is 9.62 Å². The van der Waals surface area contributed by atoms with Gasteiger partial charge < -0.3 is 5.32 Å². The molecule has 132 valence electrons. The summed E-state index contributed by atoms with van der Waals surface area (Å²) in [4.78, 5) is 11.2. The fourth-order valence-electron chi connectivity index (χ4n) is 2.38. The molecular formula is C14H15F3N2O3S2. The maximum atomic E-state index is 13.8. The summed E-state index contributed by atoms with van der Waals surface area (Å²) in [7, 11) is -4.46. The van der Waals surface area contributed by atoms with Crippen molar-refractivity contribution in [3.63, 3.8) is 0 Å². The summed E-state index contributed by atoms with van der Waals surface area (Å²) in [5.74, 6) is -4.18. The lowest BCUT2D eigenvalue weighted by Gasteiger charge is -2.22. The first kappa shape index (κ1) is 17.6. The van der Waals surface area contributed by atoms with Crippen LogP contribution in [0.2, 0.25) is 0 Å². The molecule has 0 aromatic heterocycles. The van der Waals surface area contributed by atoms with Crippen molar-refractivity contribution in [2.45, 2.75) is 23.8 Å². The predicted octanol–water partition coefficient (Wildman–Crippen LogP) is 1.69. The van der Waals surface area contributed by atoms with E-state index in [4.69, 9.17) is 0 Å². The Morgan fingerprint density at radius 2 is 1.88 bits per heavy atom. The smallest absolute Gasteiger partial charge is 0.247 e. The summed E-state index contributed by atoms with van der Waals surface area (Å²) < 4.78 is 66.2. The van der Waals surface area contributed by atoms with Crippen molar-refractivity contribution in [3.8, 4) is 0 Å². The van der Waals surface area contributed by atoms with Crippen LogP contribution in [0.3, 0.4) is 0 Å². The fourth-order valence-corrected chi connectivity index (χ4v) is 5.59. The molecule has 5 nitrogen and oxygen atoms in total. The number of carbonyl (C=O) groups excluding carboxylic acids is 1. The Morgan fingerprint density at radius 3 is 2.54 bits per heavy atom. The molecule has 24 heavy (non-hydrogen) atoms. The molecule has 1 aliphatic carbocycles. The van der Waals surface area contributed by atoms with E-state index in [0.717, 1.165) is 17.1 Å². The first-order valence-corrected chi connectivity index (χ1v) is 9.92. The third-order valence-corrected chi connectivity index (χ3v) is 7.01. The zero-order valence-electron chi connectivity index (χ0n) is 12.5. The van der Waals surface area contributed by atoms with Gasteiger partial charge in [0.1, 0.15) is 16.8 Å². The van der Waals surface area contributed by atoms with E-state index in [9.17, 15) is 26.4 Å². The van der Waals surface area contributed by atoms with Crippen molar-refractivity contribution < 1.29 is 26.4 Å².